The average molecular weight is 314 g/mol. The SMILES string of the molecule is CC(C)CC(=O)c1ccc(-c2ccc(-c3ccccc3)cc2)cc1. The Kier molecular flexibility index (Phi) is 4.90. The van der Waals surface area contributed by atoms with Gasteiger partial charge >= 0.3 is 0 Å². The van der Waals surface area contributed by atoms with E-state index in [1.54, 1.807) is 0 Å². The quantitative estimate of drug-likeness (QED) is 0.509. The zero-order chi connectivity index (χ0) is 16.9. The van der Waals surface area contributed by atoms with Crippen LogP contribution in [0.1, 0.15) is 30.6 Å². The first-order valence-electron chi connectivity index (χ1n) is 8.42. The van der Waals surface area contributed by atoms with Crippen LogP contribution in [-0.2, 0) is 0 Å². The van der Waals surface area contributed by atoms with Crippen LogP contribution >= 0.6 is 0 Å². The van der Waals surface area contributed by atoms with Crippen molar-refractivity contribution in [1.82, 2.24) is 0 Å². The molecule has 0 spiro atoms. The summed E-state index contributed by atoms with van der Waals surface area (Å²) < 4.78 is 0. The maximum absolute atomic E-state index is 12.1. The molecule has 0 heterocycles. The molecule has 0 aliphatic carbocycles. The van der Waals surface area contributed by atoms with Crippen molar-refractivity contribution in [1.29, 1.82) is 0 Å². The minimum absolute atomic E-state index is 0.218. The van der Waals surface area contributed by atoms with Crippen LogP contribution in [0.3, 0.4) is 0 Å². The van der Waals surface area contributed by atoms with E-state index in [1.807, 2.05) is 30.3 Å². The third kappa shape index (κ3) is 3.80. The number of hydrogen-bond donors (Lipinski definition) is 0. The fraction of sp³-hybridized carbons (Fsp3) is 0.174. The lowest BCUT2D eigenvalue weighted by molar-refractivity contribution is 0.0968. The molecule has 0 atom stereocenters. The normalized spacial score (nSPS) is 10.8. The topological polar surface area (TPSA) is 17.1 Å². The van der Waals surface area contributed by atoms with Crippen LogP contribution in [0.4, 0.5) is 0 Å². The Labute approximate surface area is 144 Å². The predicted molar refractivity (Wildman–Crippen MR) is 101 cm³/mol. The van der Waals surface area contributed by atoms with Gasteiger partial charge in [-0.25, -0.2) is 0 Å². The van der Waals surface area contributed by atoms with E-state index in [9.17, 15) is 4.79 Å². The number of carbonyl (C=O) groups is 1. The van der Waals surface area contributed by atoms with Crippen molar-refractivity contribution in [3.63, 3.8) is 0 Å². The second kappa shape index (κ2) is 7.27. The zero-order valence-electron chi connectivity index (χ0n) is 14.2. The minimum atomic E-state index is 0.218. The van der Waals surface area contributed by atoms with E-state index in [2.05, 4.69) is 62.4 Å². The smallest absolute Gasteiger partial charge is 0.163 e. The van der Waals surface area contributed by atoms with Gasteiger partial charge in [-0.2, -0.15) is 0 Å². The summed E-state index contributed by atoms with van der Waals surface area (Å²) in [5.41, 5.74) is 5.53. The predicted octanol–water partition coefficient (Wildman–Crippen LogP) is 6.25. The molecule has 3 rings (SSSR count). The minimum Gasteiger partial charge on any atom is -0.294 e. The van der Waals surface area contributed by atoms with E-state index in [0.717, 1.165) is 16.7 Å². The van der Waals surface area contributed by atoms with Crippen LogP contribution in [-0.4, -0.2) is 5.78 Å². The summed E-state index contributed by atoms with van der Waals surface area (Å²) in [7, 11) is 0. The third-order valence-corrected chi connectivity index (χ3v) is 4.13. The Morgan fingerprint density at radius 1 is 0.667 bits per heavy atom. The summed E-state index contributed by atoms with van der Waals surface area (Å²) in [6, 6.07) is 26.8. The lowest BCUT2D eigenvalue weighted by atomic mass is 9.97. The van der Waals surface area contributed by atoms with Gasteiger partial charge in [0.25, 0.3) is 0 Å². The van der Waals surface area contributed by atoms with Crippen molar-refractivity contribution in [3.8, 4) is 22.3 Å². The Bertz CT molecular complexity index is 797. The van der Waals surface area contributed by atoms with Gasteiger partial charge < -0.3 is 0 Å². The summed E-state index contributed by atoms with van der Waals surface area (Å²) in [6.07, 6.45) is 0.602. The number of hydrogen-bond acceptors (Lipinski definition) is 1. The van der Waals surface area contributed by atoms with Crippen LogP contribution in [0, 0.1) is 5.92 Å². The number of benzene rings is 3. The number of Topliss-reactive ketones (excluding diaryl/α,β-unsaturated/α-hetero) is 1. The first kappa shape index (κ1) is 16.2. The maximum Gasteiger partial charge on any atom is 0.163 e. The van der Waals surface area contributed by atoms with E-state index >= 15 is 0 Å². The Morgan fingerprint density at radius 2 is 1.08 bits per heavy atom. The number of rotatable bonds is 5. The van der Waals surface area contributed by atoms with Gasteiger partial charge in [-0.3, -0.25) is 4.79 Å². The lowest BCUT2D eigenvalue weighted by Gasteiger charge is -2.07. The van der Waals surface area contributed by atoms with Gasteiger partial charge in [-0.15, -0.1) is 0 Å². The fourth-order valence-corrected chi connectivity index (χ4v) is 2.82. The summed E-state index contributed by atoms with van der Waals surface area (Å²) in [5, 5.41) is 0. The number of carbonyl (C=O) groups excluding carboxylic acids is 1. The van der Waals surface area contributed by atoms with E-state index in [-0.39, 0.29) is 5.78 Å². The van der Waals surface area contributed by atoms with Crippen molar-refractivity contribution in [2.45, 2.75) is 20.3 Å². The van der Waals surface area contributed by atoms with E-state index in [1.165, 1.54) is 11.1 Å². The molecule has 0 fully saturated rings. The van der Waals surface area contributed by atoms with Crippen molar-refractivity contribution >= 4 is 5.78 Å². The average Bonchev–Trinajstić information content (AvgIpc) is 2.62. The largest absolute Gasteiger partial charge is 0.294 e. The molecule has 0 unspecified atom stereocenters. The molecule has 3 aromatic carbocycles. The van der Waals surface area contributed by atoms with Gasteiger partial charge in [0.1, 0.15) is 0 Å². The molecule has 0 N–H and O–H groups in total. The highest BCUT2D eigenvalue weighted by atomic mass is 16.1. The zero-order valence-corrected chi connectivity index (χ0v) is 14.2. The monoisotopic (exact) mass is 314 g/mol. The third-order valence-electron chi connectivity index (χ3n) is 4.13. The van der Waals surface area contributed by atoms with Crippen LogP contribution in [0.2, 0.25) is 0 Å². The second-order valence-corrected chi connectivity index (χ2v) is 6.54. The first-order valence-corrected chi connectivity index (χ1v) is 8.42. The standard InChI is InChI=1S/C23H22O/c1-17(2)16-23(24)22-14-12-21(13-15-22)20-10-8-19(9-11-20)18-6-4-3-5-7-18/h3-15,17H,16H2,1-2H3. The van der Waals surface area contributed by atoms with Crippen molar-refractivity contribution in [3.05, 3.63) is 84.4 Å². The number of ketones is 1. The Hall–Kier alpha value is -2.67. The highest BCUT2D eigenvalue weighted by Crippen LogP contribution is 2.25. The molecule has 0 aliphatic heterocycles. The maximum atomic E-state index is 12.1. The van der Waals surface area contributed by atoms with Crippen molar-refractivity contribution in [2.75, 3.05) is 0 Å². The van der Waals surface area contributed by atoms with Crippen LogP contribution in [0.25, 0.3) is 22.3 Å². The van der Waals surface area contributed by atoms with Gasteiger partial charge in [0.2, 0.25) is 0 Å². The van der Waals surface area contributed by atoms with Crippen LogP contribution in [0.5, 0.6) is 0 Å². The molecule has 0 radical (unpaired) electrons. The molecule has 120 valence electrons. The Morgan fingerprint density at radius 3 is 1.54 bits per heavy atom. The molecule has 0 amide bonds. The molecule has 1 heteroatoms. The summed E-state index contributed by atoms with van der Waals surface area (Å²) in [6.45, 7) is 4.14. The van der Waals surface area contributed by atoms with Gasteiger partial charge in [0, 0.05) is 12.0 Å². The van der Waals surface area contributed by atoms with Gasteiger partial charge in [0.05, 0.1) is 0 Å². The molecule has 0 saturated carbocycles. The molecule has 0 aliphatic rings. The van der Waals surface area contributed by atoms with Gasteiger partial charge in [-0.05, 0) is 28.2 Å². The van der Waals surface area contributed by atoms with E-state index in [0.29, 0.717) is 12.3 Å². The second-order valence-electron chi connectivity index (χ2n) is 6.54. The molecule has 24 heavy (non-hydrogen) atoms. The van der Waals surface area contributed by atoms with Crippen molar-refractivity contribution in [2.24, 2.45) is 5.92 Å². The van der Waals surface area contributed by atoms with Gasteiger partial charge in [-0.1, -0.05) is 92.7 Å². The van der Waals surface area contributed by atoms with Gasteiger partial charge in [0.15, 0.2) is 5.78 Å². The first-order chi connectivity index (χ1) is 11.6. The highest BCUT2D eigenvalue weighted by molar-refractivity contribution is 5.96. The molecule has 3 aromatic rings. The summed E-state index contributed by atoms with van der Waals surface area (Å²) in [4.78, 5) is 12.1. The molecular formula is C23H22O. The molecule has 0 bridgehead atoms. The summed E-state index contributed by atoms with van der Waals surface area (Å²) >= 11 is 0. The van der Waals surface area contributed by atoms with Crippen molar-refractivity contribution < 1.29 is 4.79 Å². The fourth-order valence-electron chi connectivity index (χ4n) is 2.82. The molecule has 1 nitrogen and oxygen atoms in total. The molecular weight excluding hydrogens is 292 g/mol. The molecule has 0 aromatic heterocycles. The highest BCUT2D eigenvalue weighted by Gasteiger charge is 2.08. The molecule has 0 saturated heterocycles. The van der Waals surface area contributed by atoms with Crippen LogP contribution < -0.4 is 0 Å². The lowest BCUT2D eigenvalue weighted by Crippen LogP contribution is -2.03. The summed E-state index contributed by atoms with van der Waals surface area (Å²) in [5.74, 6) is 0.610. The van der Waals surface area contributed by atoms with E-state index < -0.39 is 0 Å². The Balaban J connectivity index is 1.78. The van der Waals surface area contributed by atoms with Crippen LogP contribution in [0.15, 0.2) is 78.9 Å². The van der Waals surface area contributed by atoms with E-state index in [4.69, 9.17) is 0 Å².